The highest BCUT2D eigenvalue weighted by Crippen LogP contribution is 2.28. The van der Waals surface area contributed by atoms with Gasteiger partial charge in [-0.25, -0.2) is 9.07 Å². The number of carboxylic acid groups (broad SMARTS) is 1. The summed E-state index contributed by atoms with van der Waals surface area (Å²) in [4.78, 5) is 24.9. The lowest BCUT2D eigenvalue weighted by Crippen LogP contribution is -2.44. The fourth-order valence-corrected chi connectivity index (χ4v) is 4.11. The molecule has 1 amide bonds. The van der Waals surface area contributed by atoms with Crippen LogP contribution < -0.4 is 5.32 Å². The van der Waals surface area contributed by atoms with Gasteiger partial charge in [0.2, 0.25) is 0 Å². The van der Waals surface area contributed by atoms with Crippen molar-refractivity contribution in [3.8, 4) is 11.1 Å². The van der Waals surface area contributed by atoms with Crippen molar-refractivity contribution in [2.45, 2.75) is 32.4 Å². The SMILES string of the molecule is COCC(C)(CC(Cc1ccc(-c2cc(Cl)ccc2F)cc1)NC(=O)c1cn(CCO)nn1)C(=O)O. The Labute approximate surface area is 212 Å². The molecule has 0 saturated heterocycles. The Kier molecular flexibility index (Phi) is 9.14. The van der Waals surface area contributed by atoms with Crippen molar-refractivity contribution < 1.29 is 28.9 Å². The number of amides is 1. The molecule has 0 aliphatic rings. The predicted molar refractivity (Wildman–Crippen MR) is 131 cm³/mol. The number of aliphatic hydroxyl groups excluding tert-OH is 1. The lowest BCUT2D eigenvalue weighted by molar-refractivity contribution is -0.152. The Morgan fingerprint density at radius 2 is 1.97 bits per heavy atom. The third kappa shape index (κ3) is 6.87. The largest absolute Gasteiger partial charge is 0.481 e. The standard InChI is InChI=1S/C25H28ClFN4O5/c1-25(15-36-2,24(34)35)13-19(28-23(33)22-14-31(9-10-32)30-29-22)11-16-3-5-17(6-4-16)20-12-18(26)7-8-21(20)27/h3-8,12,14,19,32H,9-11,13,15H2,1-2H3,(H,28,33)(H,34,35). The molecule has 0 bridgehead atoms. The van der Waals surface area contributed by atoms with Crippen LogP contribution in [0, 0.1) is 11.2 Å². The molecule has 2 atom stereocenters. The van der Waals surface area contributed by atoms with Crippen LogP contribution in [0.4, 0.5) is 4.39 Å². The van der Waals surface area contributed by atoms with Gasteiger partial charge in [0.05, 0.1) is 31.4 Å². The van der Waals surface area contributed by atoms with E-state index in [2.05, 4.69) is 15.6 Å². The third-order valence-corrected chi connectivity index (χ3v) is 6.02. The predicted octanol–water partition coefficient (Wildman–Crippen LogP) is 3.20. The Bertz CT molecular complexity index is 1200. The second-order valence-corrected chi connectivity index (χ2v) is 9.23. The molecule has 2 unspecified atom stereocenters. The van der Waals surface area contributed by atoms with E-state index in [0.29, 0.717) is 22.6 Å². The molecule has 192 valence electrons. The van der Waals surface area contributed by atoms with Crippen molar-refractivity contribution in [3.63, 3.8) is 0 Å². The zero-order chi connectivity index (χ0) is 26.3. The smallest absolute Gasteiger partial charge is 0.311 e. The second kappa shape index (κ2) is 12.1. The van der Waals surface area contributed by atoms with Crippen LogP contribution in [0.3, 0.4) is 0 Å². The number of aromatic nitrogens is 3. The van der Waals surface area contributed by atoms with Crippen LogP contribution in [0.15, 0.2) is 48.7 Å². The van der Waals surface area contributed by atoms with E-state index >= 15 is 0 Å². The number of ether oxygens (including phenoxy) is 1. The second-order valence-electron chi connectivity index (χ2n) is 8.79. The summed E-state index contributed by atoms with van der Waals surface area (Å²) in [7, 11) is 1.42. The maximum Gasteiger partial charge on any atom is 0.311 e. The fraction of sp³-hybridized carbons (Fsp3) is 0.360. The lowest BCUT2D eigenvalue weighted by atomic mass is 9.82. The zero-order valence-electron chi connectivity index (χ0n) is 19.9. The molecule has 1 heterocycles. The van der Waals surface area contributed by atoms with Gasteiger partial charge in [-0.15, -0.1) is 5.10 Å². The number of carbonyl (C=O) groups excluding carboxylic acids is 1. The van der Waals surface area contributed by atoms with Gasteiger partial charge in [0, 0.05) is 23.7 Å². The van der Waals surface area contributed by atoms with Crippen LogP contribution in [0.5, 0.6) is 0 Å². The average Bonchev–Trinajstić information content (AvgIpc) is 3.30. The van der Waals surface area contributed by atoms with E-state index in [1.807, 2.05) is 0 Å². The minimum atomic E-state index is -1.26. The van der Waals surface area contributed by atoms with Crippen LogP contribution >= 0.6 is 11.6 Å². The van der Waals surface area contributed by atoms with Crippen LogP contribution in [0.25, 0.3) is 11.1 Å². The fourth-order valence-electron chi connectivity index (χ4n) is 3.94. The summed E-state index contributed by atoms with van der Waals surface area (Å²) in [6, 6.07) is 10.8. The van der Waals surface area contributed by atoms with Crippen LogP contribution in [0.1, 0.15) is 29.4 Å². The number of nitrogens with zero attached hydrogens (tertiary/aromatic N) is 3. The van der Waals surface area contributed by atoms with Gasteiger partial charge in [-0.2, -0.15) is 0 Å². The van der Waals surface area contributed by atoms with Crippen molar-refractivity contribution in [1.82, 2.24) is 20.3 Å². The summed E-state index contributed by atoms with van der Waals surface area (Å²) >= 11 is 6.01. The average molecular weight is 519 g/mol. The van der Waals surface area contributed by atoms with Crippen molar-refractivity contribution in [2.24, 2.45) is 5.41 Å². The number of nitrogens with one attached hydrogen (secondary N) is 1. The van der Waals surface area contributed by atoms with E-state index in [0.717, 1.165) is 5.56 Å². The van der Waals surface area contributed by atoms with Crippen LogP contribution in [-0.4, -0.2) is 63.4 Å². The molecule has 0 aliphatic heterocycles. The number of hydrogen-bond acceptors (Lipinski definition) is 6. The minimum absolute atomic E-state index is 0.0454. The van der Waals surface area contributed by atoms with E-state index in [9.17, 15) is 19.1 Å². The summed E-state index contributed by atoms with van der Waals surface area (Å²) in [6.45, 7) is 1.54. The first-order chi connectivity index (χ1) is 17.1. The molecule has 0 radical (unpaired) electrons. The highest BCUT2D eigenvalue weighted by atomic mass is 35.5. The highest BCUT2D eigenvalue weighted by molar-refractivity contribution is 6.30. The molecule has 3 aromatic rings. The molecule has 1 aromatic heterocycles. The van der Waals surface area contributed by atoms with E-state index in [1.54, 1.807) is 37.3 Å². The van der Waals surface area contributed by atoms with Gasteiger partial charge in [0.25, 0.3) is 5.91 Å². The van der Waals surface area contributed by atoms with E-state index in [-0.39, 0.29) is 31.9 Å². The topological polar surface area (TPSA) is 127 Å². The number of halogens is 2. The Balaban J connectivity index is 1.83. The van der Waals surface area contributed by atoms with Gasteiger partial charge in [0.1, 0.15) is 5.82 Å². The Hall–Kier alpha value is -3.34. The molecule has 0 spiro atoms. The quantitative estimate of drug-likeness (QED) is 0.336. The number of hydrogen-bond donors (Lipinski definition) is 3. The van der Waals surface area contributed by atoms with E-state index in [1.165, 1.54) is 30.1 Å². The number of methoxy groups -OCH3 is 1. The summed E-state index contributed by atoms with van der Waals surface area (Å²) in [5.74, 6) is -1.97. The third-order valence-electron chi connectivity index (χ3n) is 5.79. The molecule has 9 nitrogen and oxygen atoms in total. The number of aliphatic carboxylic acids is 1. The van der Waals surface area contributed by atoms with Crippen molar-refractivity contribution in [2.75, 3.05) is 20.3 Å². The van der Waals surface area contributed by atoms with Crippen molar-refractivity contribution in [3.05, 3.63) is 70.8 Å². The van der Waals surface area contributed by atoms with Gasteiger partial charge in [-0.3, -0.25) is 9.59 Å². The molecule has 2 aromatic carbocycles. The monoisotopic (exact) mass is 518 g/mol. The first kappa shape index (κ1) is 27.3. The molecule has 0 saturated carbocycles. The van der Waals surface area contributed by atoms with Crippen LogP contribution in [0.2, 0.25) is 5.02 Å². The zero-order valence-corrected chi connectivity index (χ0v) is 20.7. The first-order valence-corrected chi connectivity index (χ1v) is 11.6. The maximum absolute atomic E-state index is 14.3. The normalized spacial score (nSPS) is 13.7. The van der Waals surface area contributed by atoms with E-state index in [4.69, 9.17) is 21.4 Å². The Morgan fingerprint density at radius 3 is 2.61 bits per heavy atom. The summed E-state index contributed by atoms with van der Waals surface area (Å²) in [5.41, 5.74) is 0.591. The number of rotatable bonds is 12. The number of benzene rings is 2. The molecule has 0 fully saturated rings. The molecular formula is C25H28ClFN4O5. The lowest BCUT2D eigenvalue weighted by Gasteiger charge is -2.29. The number of aliphatic hydroxyl groups is 1. The summed E-state index contributed by atoms with van der Waals surface area (Å²) in [6.07, 6.45) is 1.79. The maximum atomic E-state index is 14.3. The molecule has 36 heavy (non-hydrogen) atoms. The summed E-state index contributed by atoms with van der Waals surface area (Å²) < 4.78 is 20.7. The highest BCUT2D eigenvalue weighted by Gasteiger charge is 2.37. The van der Waals surface area contributed by atoms with Crippen molar-refractivity contribution in [1.29, 1.82) is 0 Å². The minimum Gasteiger partial charge on any atom is -0.481 e. The molecule has 3 N–H and O–H groups in total. The van der Waals surface area contributed by atoms with Gasteiger partial charge in [-0.1, -0.05) is 41.1 Å². The van der Waals surface area contributed by atoms with Gasteiger partial charge in [-0.05, 0) is 49.1 Å². The van der Waals surface area contributed by atoms with Gasteiger partial charge < -0.3 is 20.3 Å². The number of carbonyl (C=O) groups is 2. The van der Waals surface area contributed by atoms with Crippen molar-refractivity contribution >= 4 is 23.5 Å². The number of carboxylic acids is 1. The molecule has 0 aliphatic carbocycles. The summed E-state index contributed by atoms with van der Waals surface area (Å²) in [5, 5.41) is 29.8. The first-order valence-electron chi connectivity index (χ1n) is 11.2. The Morgan fingerprint density at radius 1 is 1.25 bits per heavy atom. The van der Waals surface area contributed by atoms with E-state index < -0.39 is 29.2 Å². The molecule has 11 heteroatoms. The van der Waals surface area contributed by atoms with Gasteiger partial charge in [0.15, 0.2) is 5.69 Å². The van der Waals surface area contributed by atoms with Crippen LogP contribution in [-0.2, 0) is 22.5 Å². The van der Waals surface area contributed by atoms with Gasteiger partial charge >= 0.3 is 5.97 Å². The molecule has 3 rings (SSSR count). The molecular weight excluding hydrogens is 491 g/mol.